The minimum Gasteiger partial charge on any atom is -0.451 e. The number of benzene rings is 1. The van der Waals surface area contributed by atoms with E-state index >= 15 is 0 Å². The SMILES string of the molecule is CC1(c2ccccc2)C=Cc2c(-c3cocn3)n[nH]c2C1. The van der Waals surface area contributed by atoms with Crippen molar-refractivity contribution < 1.29 is 4.42 Å². The Morgan fingerprint density at radius 2 is 2.10 bits per heavy atom. The fourth-order valence-electron chi connectivity index (χ4n) is 2.94. The molecule has 1 aliphatic rings. The summed E-state index contributed by atoms with van der Waals surface area (Å²) in [5, 5.41) is 7.56. The molecule has 0 saturated heterocycles. The summed E-state index contributed by atoms with van der Waals surface area (Å²) in [5.41, 5.74) is 5.16. The third-order valence-corrected chi connectivity index (χ3v) is 4.15. The largest absolute Gasteiger partial charge is 0.451 e. The van der Waals surface area contributed by atoms with E-state index in [1.165, 1.54) is 12.0 Å². The highest BCUT2D eigenvalue weighted by molar-refractivity contribution is 5.73. The van der Waals surface area contributed by atoms with Crippen LogP contribution in [0.15, 0.2) is 53.5 Å². The van der Waals surface area contributed by atoms with Gasteiger partial charge in [0.25, 0.3) is 0 Å². The summed E-state index contributed by atoms with van der Waals surface area (Å²) in [6, 6.07) is 10.5. The van der Waals surface area contributed by atoms with Crippen LogP contribution in [0.25, 0.3) is 17.5 Å². The summed E-state index contributed by atoms with van der Waals surface area (Å²) in [7, 11) is 0. The highest BCUT2D eigenvalue weighted by Gasteiger charge is 2.30. The zero-order chi connectivity index (χ0) is 14.3. The van der Waals surface area contributed by atoms with Gasteiger partial charge in [0.2, 0.25) is 0 Å². The summed E-state index contributed by atoms with van der Waals surface area (Å²) >= 11 is 0. The third kappa shape index (κ3) is 1.91. The van der Waals surface area contributed by atoms with Gasteiger partial charge in [-0.15, -0.1) is 0 Å². The van der Waals surface area contributed by atoms with E-state index in [1.807, 2.05) is 6.07 Å². The molecule has 2 aromatic heterocycles. The first-order valence-electron chi connectivity index (χ1n) is 6.97. The minimum absolute atomic E-state index is 0.0120. The Labute approximate surface area is 122 Å². The molecule has 1 aliphatic carbocycles. The topological polar surface area (TPSA) is 54.7 Å². The molecule has 21 heavy (non-hydrogen) atoms. The molecule has 1 unspecified atom stereocenters. The second-order valence-electron chi connectivity index (χ2n) is 5.63. The van der Waals surface area contributed by atoms with Crippen molar-refractivity contribution in [2.45, 2.75) is 18.8 Å². The summed E-state index contributed by atoms with van der Waals surface area (Å²) in [5.74, 6) is 0. The molecular weight excluding hydrogens is 262 g/mol. The number of fused-ring (bicyclic) bond motifs is 1. The van der Waals surface area contributed by atoms with Crippen LogP contribution in [0, 0.1) is 0 Å². The second-order valence-corrected chi connectivity index (χ2v) is 5.63. The zero-order valence-corrected chi connectivity index (χ0v) is 11.7. The van der Waals surface area contributed by atoms with Crippen molar-refractivity contribution in [3.05, 3.63) is 65.9 Å². The van der Waals surface area contributed by atoms with Gasteiger partial charge >= 0.3 is 0 Å². The van der Waals surface area contributed by atoms with Crippen molar-refractivity contribution >= 4 is 6.08 Å². The van der Waals surface area contributed by atoms with Crippen LogP contribution < -0.4 is 0 Å². The maximum atomic E-state index is 5.05. The van der Waals surface area contributed by atoms with E-state index in [2.05, 4.69) is 58.5 Å². The lowest BCUT2D eigenvalue weighted by molar-refractivity contribution is 0.558. The summed E-state index contributed by atoms with van der Waals surface area (Å²) in [6.45, 7) is 2.25. The second kappa shape index (κ2) is 4.45. The van der Waals surface area contributed by atoms with Crippen LogP contribution in [-0.4, -0.2) is 15.2 Å². The Kier molecular flexibility index (Phi) is 2.57. The molecule has 2 heterocycles. The van der Waals surface area contributed by atoms with E-state index in [1.54, 1.807) is 6.26 Å². The van der Waals surface area contributed by atoms with Crippen LogP contribution >= 0.6 is 0 Å². The molecule has 0 aliphatic heterocycles. The minimum atomic E-state index is -0.0120. The van der Waals surface area contributed by atoms with E-state index in [4.69, 9.17) is 4.42 Å². The predicted molar refractivity (Wildman–Crippen MR) is 80.6 cm³/mol. The van der Waals surface area contributed by atoms with Crippen LogP contribution in [0.4, 0.5) is 0 Å². The molecule has 0 saturated carbocycles. The van der Waals surface area contributed by atoms with E-state index in [0.29, 0.717) is 0 Å². The van der Waals surface area contributed by atoms with Crippen LogP contribution in [0.5, 0.6) is 0 Å². The van der Waals surface area contributed by atoms with Gasteiger partial charge in [-0.1, -0.05) is 49.4 Å². The molecule has 4 nitrogen and oxygen atoms in total. The van der Waals surface area contributed by atoms with Crippen molar-refractivity contribution in [3.63, 3.8) is 0 Å². The number of aromatic nitrogens is 3. The molecular formula is C17H15N3O. The fourth-order valence-corrected chi connectivity index (χ4v) is 2.94. The molecule has 3 aromatic rings. The molecule has 4 heteroatoms. The van der Waals surface area contributed by atoms with Gasteiger partial charge in [0, 0.05) is 23.1 Å². The molecule has 104 valence electrons. The van der Waals surface area contributed by atoms with E-state index in [9.17, 15) is 0 Å². The van der Waals surface area contributed by atoms with Gasteiger partial charge in [-0.25, -0.2) is 4.98 Å². The van der Waals surface area contributed by atoms with E-state index in [-0.39, 0.29) is 5.41 Å². The Morgan fingerprint density at radius 3 is 2.86 bits per heavy atom. The number of nitrogens with zero attached hydrogens (tertiary/aromatic N) is 2. The van der Waals surface area contributed by atoms with E-state index < -0.39 is 0 Å². The highest BCUT2D eigenvalue weighted by Crippen LogP contribution is 2.37. The van der Waals surface area contributed by atoms with Gasteiger partial charge in [0.05, 0.1) is 0 Å². The maximum Gasteiger partial charge on any atom is 0.181 e. The van der Waals surface area contributed by atoms with Gasteiger partial charge < -0.3 is 4.42 Å². The first kappa shape index (κ1) is 12.1. The van der Waals surface area contributed by atoms with E-state index in [0.717, 1.165) is 29.1 Å². The first-order valence-corrected chi connectivity index (χ1v) is 6.97. The van der Waals surface area contributed by atoms with Crippen LogP contribution in [-0.2, 0) is 11.8 Å². The van der Waals surface area contributed by atoms with Crippen molar-refractivity contribution in [1.82, 2.24) is 15.2 Å². The highest BCUT2D eigenvalue weighted by atomic mass is 16.3. The van der Waals surface area contributed by atoms with Crippen molar-refractivity contribution in [3.8, 4) is 11.4 Å². The number of hydrogen-bond acceptors (Lipinski definition) is 3. The smallest absolute Gasteiger partial charge is 0.181 e. The molecule has 0 radical (unpaired) electrons. The average molecular weight is 277 g/mol. The molecule has 0 spiro atoms. The lowest BCUT2D eigenvalue weighted by Gasteiger charge is -2.29. The van der Waals surface area contributed by atoms with Crippen molar-refractivity contribution in [2.75, 3.05) is 0 Å². The fraction of sp³-hybridized carbons (Fsp3) is 0.176. The number of H-pyrrole nitrogens is 1. The van der Waals surface area contributed by atoms with Crippen LogP contribution in [0.1, 0.15) is 23.7 Å². The molecule has 0 bridgehead atoms. The number of oxazole rings is 1. The Hall–Kier alpha value is -2.62. The van der Waals surface area contributed by atoms with Gasteiger partial charge in [0.15, 0.2) is 6.39 Å². The average Bonchev–Trinajstić information content (AvgIpc) is 3.16. The predicted octanol–water partition coefficient (Wildman–Crippen LogP) is 3.59. The molecule has 1 N–H and O–H groups in total. The summed E-state index contributed by atoms with van der Waals surface area (Å²) in [6.07, 6.45) is 8.34. The molecule has 1 aromatic carbocycles. The molecule has 0 fully saturated rings. The van der Waals surface area contributed by atoms with Crippen LogP contribution in [0.3, 0.4) is 0 Å². The maximum absolute atomic E-state index is 5.05. The molecule has 1 atom stereocenters. The molecule has 4 rings (SSSR count). The Bertz CT molecular complexity index is 787. The number of aromatic amines is 1. The Morgan fingerprint density at radius 1 is 1.24 bits per heavy atom. The van der Waals surface area contributed by atoms with Gasteiger partial charge in [-0.05, 0) is 5.56 Å². The first-order chi connectivity index (χ1) is 10.3. The quantitative estimate of drug-likeness (QED) is 0.778. The number of allylic oxidation sites excluding steroid dienone is 1. The number of hydrogen-bond donors (Lipinski definition) is 1. The number of nitrogens with one attached hydrogen (secondary N) is 1. The summed E-state index contributed by atoms with van der Waals surface area (Å²) < 4.78 is 5.05. The molecule has 0 amide bonds. The lowest BCUT2D eigenvalue weighted by Crippen LogP contribution is -2.25. The normalized spacial score (nSPS) is 20.4. The van der Waals surface area contributed by atoms with Gasteiger partial charge in [0.1, 0.15) is 17.7 Å². The van der Waals surface area contributed by atoms with Crippen molar-refractivity contribution in [2.24, 2.45) is 0 Å². The standard InChI is InChI=1S/C17H15N3O/c1-17(12-5-3-2-4-6-12)8-7-13-14(9-17)19-20-16(13)15-10-21-11-18-15/h2-8,10-11H,9H2,1H3,(H,19,20). The zero-order valence-electron chi connectivity index (χ0n) is 11.7. The number of rotatable bonds is 2. The third-order valence-electron chi connectivity index (χ3n) is 4.15. The van der Waals surface area contributed by atoms with Crippen molar-refractivity contribution in [1.29, 1.82) is 0 Å². The summed E-state index contributed by atoms with van der Waals surface area (Å²) in [4.78, 5) is 4.18. The van der Waals surface area contributed by atoms with Gasteiger partial charge in [-0.2, -0.15) is 5.10 Å². The van der Waals surface area contributed by atoms with Gasteiger partial charge in [-0.3, -0.25) is 5.10 Å². The lowest BCUT2D eigenvalue weighted by atomic mass is 9.74. The Balaban J connectivity index is 1.76. The monoisotopic (exact) mass is 277 g/mol. The van der Waals surface area contributed by atoms with Crippen LogP contribution in [0.2, 0.25) is 0 Å².